The maximum atomic E-state index is 11.5. The van der Waals surface area contributed by atoms with Crippen LogP contribution < -0.4 is 5.32 Å². The summed E-state index contributed by atoms with van der Waals surface area (Å²) in [6.07, 6.45) is 0.0900. The highest BCUT2D eigenvalue weighted by atomic mass is 32.2. The Hall–Kier alpha value is -1.49. The van der Waals surface area contributed by atoms with Crippen LogP contribution in [0.1, 0.15) is 16.8 Å². The van der Waals surface area contributed by atoms with E-state index in [9.17, 15) is 9.59 Å². The van der Waals surface area contributed by atoms with Crippen molar-refractivity contribution in [1.29, 1.82) is 0 Å². The molecular formula is C11H13NO3S. The van der Waals surface area contributed by atoms with Gasteiger partial charge < -0.3 is 10.4 Å². The van der Waals surface area contributed by atoms with Crippen LogP contribution in [0.2, 0.25) is 0 Å². The predicted octanol–water partition coefficient (Wildman–Crippen LogP) is 1.61. The Morgan fingerprint density at radius 1 is 1.38 bits per heavy atom. The van der Waals surface area contributed by atoms with Crippen LogP contribution in [0.15, 0.2) is 29.2 Å². The zero-order valence-corrected chi connectivity index (χ0v) is 9.71. The number of rotatable bonds is 5. The van der Waals surface area contributed by atoms with E-state index in [1.54, 1.807) is 19.2 Å². The minimum atomic E-state index is -0.829. The smallest absolute Gasteiger partial charge is 0.304 e. The first kappa shape index (κ1) is 12.6. The molecule has 1 aromatic rings. The molecule has 0 aliphatic rings. The van der Waals surface area contributed by atoms with Gasteiger partial charge in [0.2, 0.25) is 0 Å². The first-order chi connectivity index (χ1) is 7.65. The highest BCUT2D eigenvalue weighted by molar-refractivity contribution is 7.99. The van der Waals surface area contributed by atoms with Gasteiger partial charge in [-0.3, -0.25) is 9.59 Å². The molecule has 0 aliphatic carbocycles. The molecule has 1 aromatic carbocycles. The third-order valence-electron chi connectivity index (χ3n) is 1.93. The summed E-state index contributed by atoms with van der Waals surface area (Å²) < 4.78 is 0. The fraction of sp³-hybridized carbons (Fsp3) is 0.273. The zero-order valence-electron chi connectivity index (χ0n) is 8.90. The molecule has 4 nitrogen and oxygen atoms in total. The first-order valence-electron chi connectivity index (χ1n) is 4.81. The van der Waals surface area contributed by atoms with Crippen LogP contribution in [0, 0.1) is 0 Å². The Morgan fingerprint density at radius 3 is 2.69 bits per heavy atom. The summed E-state index contributed by atoms with van der Waals surface area (Å²) in [5, 5.41) is 11.1. The maximum absolute atomic E-state index is 11.5. The number of nitrogens with one attached hydrogen (secondary N) is 1. The van der Waals surface area contributed by atoms with E-state index in [4.69, 9.17) is 5.11 Å². The second kappa shape index (κ2) is 6.17. The number of thioether (sulfide) groups is 1. The molecule has 86 valence electrons. The molecule has 1 rings (SSSR count). The molecule has 1 amide bonds. The Kier molecular flexibility index (Phi) is 4.85. The third kappa shape index (κ3) is 3.58. The fourth-order valence-corrected chi connectivity index (χ4v) is 2.15. The summed E-state index contributed by atoms with van der Waals surface area (Å²) >= 11 is 1.38. The summed E-state index contributed by atoms with van der Waals surface area (Å²) in [6.45, 7) is 0. The van der Waals surface area contributed by atoms with E-state index in [-0.39, 0.29) is 12.3 Å². The van der Waals surface area contributed by atoms with Gasteiger partial charge in [0.1, 0.15) is 0 Å². The third-order valence-corrected chi connectivity index (χ3v) is 3.01. The Labute approximate surface area is 98.0 Å². The van der Waals surface area contributed by atoms with Crippen molar-refractivity contribution in [2.45, 2.75) is 11.3 Å². The molecule has 0 aliphatic heterocycles. The molecule has 0 radical (unpaired) electrons. The summed E-state index contributed by atoms with van der Waals surface area (Å²) in [5.74, 6) is -0.521. The van der Waals surface area contributed by atoms with E-state index < -0.39 is 5.97 Å². The number of benzene rings is 1. The lowest BCUT2D eigenvalue weighted by molar-refractivity contribution is -0.136. The van der Waals surface area contributed by atoms with E-state index in [1.165, 1.54) is 11.8 Å². The van der Waals surface area contributed by atoms with Crippen molar-refractivity contribution in [3.05, 3.63) is 29.8 Å². The Morgan fingerprint density at radius 2 is 2.06 bits per heavy atom. The van der Waals surface area contributed by atoms with Gasteiger partial charge in [0.05, 0.1) is 12.0 Å². The molecule has 0 saturated carbocycles. The number of carboxylic acids is 1. The standard InChI is InChI=1S/C11H13NO3S/c1-12-11(15)8-4-2-3-5-9(8)16-7-6-10(13)14/h2-5H,6-7H2,1H3,(H,12,15)(H,13,14). The van der Waals surface area contributed by atoms with Gasteiger partial charge in [-0.2, -0.15) is 0 Å². The van der Waals surface area contributed by atoms with Gasteiger partial charge in [0.25, 0.3) is 5.91 Å². The van der Waals surface area contributed by atoms with Crippen LogP contribution in [-0.4, -0.2) is 29.8 Å². The number of carbonyl (C=O) groups excluding carboxylic acids is 1. The van der Waals surface area contributed by atoms with Crippen molar-refractivity contribution < 1.29 is 14.7 Å². The average Bonchev–Trinajstić information content (AvgIpc) is 2.28. The van der Waals surface area contributed by atoms with Gasteiger partial charge in [-0.05, 0) is 12.1 Å². The molecule has 0 aromatic heterocycles. The normalized spacial score (nSPS) is 9.81. The maximum Gasteiger partial charge on any atom is 0.304 e. The van der Waals surface area contributed by atoms with E-state index in [0.29, 0.717) is 11.3 Å². The summed E-state index contributed by atoms with van der Waals surface area (Å²) in [5.41, 5.74) is 0.584. The number of aliphatic carboxylic acids is 1. The van der Waals surface area contributed by atoms with Gasteiger partial charge in [-0.15, -0.1) is 11.8 Å². The molecule has 0 saturated heterocycles. The average molecular weight is 239 g/mol. The van der Waals surface area contributed by atoms with Crippen LogP contribution in [0.4, 0.5) is 0 Å². The van der Waals surface area contributed by atoms with Crippen LogP contribution in [0.3, 0.4) is 0 Å². The second-order valence-electron chi connectivity index (χ2n) is 3.07. The Balaban J connectivity index is 2.71. The topological polar surface area (TPSA) is 66.4 Å². The minimum Gasteiger partial charge on any atom is -0.481 e. The van der Waals surface area contributed by atoms with E-state index >= 15 is 0 Å². The zero-order chi connectivity index (χ0) is 12.0. The van der Waals surface area contributed by atoms with Gasteiger partial charge in [0, 0.05) is 17.7 Å². The van der Waals surface area contributed by atoms with Gasteiger partial charge in [-0.25, -0.2) is 0 Å². The highest BCUT2D eigenvalue weighted by Crippen LogP contribution is 2.23. The monoisotopic (exact) mass is 239 g/mol. The largest absolute Gasteiger partial charge is 0.481 e. The van der Waals surface area contributed by atoms with Crippen molar-refractivity contribution >= 4 is 23.6 Å². The van der Waals surface area contributed by atoms with Crippen LogP contribution in [0.25, 0.3) is 0 Å². The fourth-order valence-electron chi connectivity index (χ4n) is 1.16. The van der Waals surface area contributed by atoms with Crippen molar-refractivity contribution in [3.63, 3.8) is 0 Å². The highest BCUT2D eigenvalue weighted by Gasteiger charge is 2.09. The lowest BCUT2D eigenvalue weighted by atomic mass is 10.2. The molecule has 0 heterocycles. The lowest BCUT2D eigenvalue weighted by Crippen LogP contribution is -2.18. The number of carbonyl (C=O) groups is 2. The second-order valence-corrected chi connectivity index (χ2v) is 4.20. The van der Waals surface area contributed by atoms with Gasteiger partial charge in [0.15, 0.2) is 0 Å². The molecule has 16 heavy (non-hydrogen) atoms. The first-order valence-corrected chi connectivity index (χ1v) is 5.79. The van der Waals surface area contributed by atoms with Crippen molar-refractivity contribution in [2.24, 2.45) is 0 Å². The lowest BCUT2D eigenvalue weighted by Gasteiger charge is -2.06. The van der Waals surface area contributed by atoms with Gasteiger partial charge >= 0.3 is 5.97 Å². The summed E-state index contributed by atoms with van der Waals surface area (Å²) in [6, 6.07) is 7.15. The Bertz CT molecular complexity index is 393. The minimum absolute atomic E-state index is 0.0900. The van der Waals surface area contributed by atoms with Crippen LogP contribution >= 0.6 is 11.8 Å². The summed E-state index contributed by atoms with van der Waals surface area (Å²) in [7, 11) is 1.57. The molecule has 0 spiro atoms. The molecule has 0 atom stereocenters. The number of amides is 1. The molecule has 5 heteroatoms. The number of hydrogen-bond acceptors (Lipinski definition) is 3. The van der Waals surface area contributed by atoms with Crippen molar-refractivity contribution in [2.75, 3.05) is 12.8 Å². The van der Waals surface area contributed by atoms with E-state index in [1.807, 2.05) is 12.1 Å². The molecule has 2 N–H and O–H groups in total. The van der Waals surface area contributed by atoms with Crippen LogP contribution in [-0.2, 0) is 4.79 Å². The quantitative estimate of drug-likeness (QED) is 0.766. The number of hydrogen-bond donors (Lipinski definition) is 2. The molecular weight excluding hydrogens is 226 g/mol. The van der Waals surface area contributed by atoms with Crippen LogP contribution in [0.5, 0.6) is 0 Å². The molecule has 0 fully saturated rings. The van der Waals surface area contributed by atoms with Gasteiger partial charge in [-0.1, -0.05) is 12.1 Å². The van der Waals surface area contributed by atoms with Crippen molar-refractivity contribution in [3.8, 4) is 0 Å². The predicted molar refractivity (Wildman–Crippen MR) is 62.8 cm³/mol. The molecule has 0 bridgehead atoms. The SMILES string of the molecule is CNC(=O)c1ccccc1SCCC(=O)O. The van der Waals surface area contributed by atoms with E-state index in [0.717, 1.165) is 4.90 Å². The number of carboxylic acid groups (broad SMARTS) is 1. The summed E-state index contributed by atoms with van der Waals surface area (Å²) in [4.78, 5) is 22.7. The molecule has 0 unspecified atom stereocenters. The van der Waals surface area contributed by atoms with Crippen molar-refractivity contribution in [1.82, 2.24) is 5.32 Å². The van der Waals surface area contributed by atoms with E-state index in [2.05, 4.69) is 5.32 Å².